The molecule has 3 aliphatic rings. The van der Waals surface area contributed by atoms with Gasteiger partial charge in [0.1, 0.15) is 17.3 Å². The highest BCUT2D eigenvalue weighted by molar-refractivity contribution is 6.00. The number of anilines is 1. The smallest absolute Gasteiger partial charge is 0.248 e. The van der Waals surface area contributed by atoms with Crippen molar-refractivity contribution in [2.24, 2.45) is 11.8 Å². The van der Waals surface area contributed by atoms with E-state index in [1.807, 2.05) is 38.1 Å². The first kappa shape index (κ1) is 38.4. The molecule has 0 aromatic heterocycles. The van der Waals surface area contributed by atoms with E-state index in [0.29, 0.717) is 94.4 Å². The standard InChI is InChI=1S/C37H52N4O7.ClH/c1-5-6-17-41-35(44)33(34(43)27-13-20-47-21-14-27)39-36(45)37(41)15-18-40(19-16-37)24-26-7-10-29(11-8-26)48-30-12-9-28(23-31(30)46-4)38-32(42)22-25(2)3;/h7-12,23,25,27,33-34,43H,5-6,13-22,24H2,1-4H3,(H,38,42)(H,39,45);1H/t33-,34-;/m1./s1. The average molecular weight is 701 g/mol. The lowest BCUT2D eigenvalue weighted by Gasteiger charge is -2.52. The van der Waals surface area contributed by atoms with Gasteiger partial charge < -0.3 is 34.9 Å². The zero-order chi connectivity index (χ0) is 34.3. The molecule has 49 heavy (non-hydrogen) atoms. The summed E-state index contributed by atoms with van der Waals surface area (Å²) in [5.74, 6) is 1.59. The summed E-state index contributed by atoms with van der Waals surface area (Å²) in [6.07, 6.45) is 3.71. The van der Waals surface area contributed by atoms with Crippen LogP contribution in [-0.2, 0) is 25.7 Å². The zero-order valence-electron chi connectivity index (χ0n) is 29.2. The van der Waals surface area contributed by atoms with Crippen LogP contribution in [0.25, 0.3) is 0 Å². The molecule has 3 N–H and O–H groups in total. The molecular weight excluding hydrogens is 648 g/mol. The third kappa shape index (κ3) is 9.25. The normalized spacial score (nSPS) is 20.4. The number of hydrogen-bond acceptors (Lipinski definition) is 8. The summed E-state index contributed by atoms with van der Waals surface area (Å²) < 4.78 is 17.1. The van der Waals surface area contributed by atoms with Gasteiger partial charge in [0.15, 0.2) is 11.5 Å². The number of methoxy groups -OCH3 is 1. The first-order valence-corrected chi connectivity index (χ1v) is 17.5. The molecule has 2 atom stereocenters. The van der Waals surface area contributed by atoms with E-state index in [-0.39, 0.29) is 42.0 Å². The van der Waals surface area contributed by atoms with Crippen molar-refractivity contribution < 1.29 is 33.7 Å². The second kappa shape index (κ2) is 17.5. The number of carbonyl (C=O) groups is 3. The van der Waals surface area contributed by atoms with Crippen molar-refractivity contribution in [1.29, 1.82) is 0 Å². The Labute approximate surface area is 296 Å². The first-order chi connectivity index (χ1) is 23.1. The van der Waals surface area contributed by atoms with E-state index in [9.17, 15) is 19.5 Å². The number of unbranched alkanes of at least 4 members (excludes halogenated alkanes) is 1. The molecule has 0 radical (unpaired) electrons. The number of piperazine rings is 1. The predicted octanol–water partition coefficient (Wildman–Crippen LogP) is 5.14. The van der Waals surface area contributed by atoms with Crippen molar-refractivity contribution in [1.82, 2.24) is 15.1 Å². The van der Waals surface area contributed by atoms with Gasteiger partial charge in [-0.2, -0.15) is 0 Å². The third-order valence-corrected chi connectivity index (χ3v) is 9.87. The summed E-state index contributed by atoms with van der Waals surface area (Å²) in [5.41, 5.74) is 0.873. The number of likely N-dealkylation sites (tertiary alicyclic amines) is 1. The molecule has 3 aliphatic heterocycles. The van der Waals surface area contributed by atoms with E-state index in [2.05, 4.69) is 22.5 Å². The molecule has 270 valence electrons. The maximum Gasteiger partial charge on any atom is 0.248 e. The van der Waals surface area contributed by atoms with Crippen molar-refractivity contribution in [2.45, 2.75) is 89.9 Å². The molecule has 2 aromatic rings. The second-order valence-electron chi connectivity index (χ2n) is 13.8. The van der Waals surface area contributed by atoms with Crippen molar-refractivity contribution in [3.63, 3.8) is 0 Å². The number of amides is 3. The van der Waals surface area contributed by atoms with Crippen LogP contribution in [0.4, 0.5) is 5.69 Å². The van der Waals surface area contributed by atoms with Crippen LogP contribution >= 0.6 is 12.4 Å². The van der Waals surface area contributed by atoms with Gasteiger partial charge in [-0.3, -0.25) is 19.3 Å². The van der Waals surface area contributed by atoms with Crippen LogP contribution < -0.4 is 20.1 Å². The van der Waals surface area contributed by atoms with Crippen LogP contribution in [0.1, 0.15) is 71.3 Å². The lowest BCUT2D eigenvalue weighted by Crippen LogP contribution is -2.75. The minimum absolute atomic E-state index is 0. The summed E-state index contributed by atoms with van der Waals surface area (Å²) in [6, 6.07) is 12.3. The number of rotatable bonds is 13. The predicted molar refractivity (Wildman–Crippen MR) is 190 cm³/mol. The molecule has 0 unspecified atom stereocenters. The molecular formula is C37H53ClN4O7. The van der Waals surface area contributed by atoms with Gasteiger partial charge in [-0.1, -0.05) is 39.3 Å². The number of nitrogens with one attached hydrogen (secondary N) is 2. The van der Waals surface area contributed by atoms with Gasteiger partial charge in [-0.25, -0.2) is 0 Å². The highest BCUT2D eigenvalue weighted by Crippen LogP contribution is 2.37. The van der Waals surface area contributed by atoms with Gasteiger partial charge in [-0.05, 0) is 73.8 Å². The van der Waals surface area contributed by atoms with E-state index < -0.39 is 17.7 Å². The maximum atomic E-state index is 13.9. The van der Waals surface area contributed by atoms with E-state index in [1.165, 1.54) is 0 Å². The highest BCUT2D eigenvalue weighted by Gasteiger charge is 2.55. The fourth-order valence-electron chi connectivity index (χ4n) is 7.08. The Kier molecular flexibility index (Phi) is 13.7. The van der Waals surface area contributed by atoms with Crippen molar-refractivity contribution >= 4 is 35.8 Å². The number of aliphatic hydroxyl groups excluding tert-OH is 1. The van der Waals surface area contributed by atoms with Crippen molar-refractivity contribution in [3.8, 4) is 17.2 Å². The Hall–Kier alpha value is -3.38. The number of halogens is 1. The average Bonchev–Trinajstić information content (AvgIpc) is 3.08. The van der Waals surface area contributed by atoms with Gasteiger partial charge in [-0.15, -0.1) is 12.4 Å². The molecule has 3 saturated heterocycles. The van der Waals surface area contributed by atoms with E-state index in [1.54, 1.807) is 30.2 Å². The van der Waals surface area contributed by atoms with Gasteiger partial charge in [0.05, 0.1) is 13.2 Å². The van der Waals surface area contributed by atoms with Crippen molar-refractivity contribution in [2.75, 3.05) is 45.3 Å². The van der Waals surface area contributed by atoms with Gasteiger partial charge in [0.25, 0.3) is 0 Å². The number of ether oxygens (including phenoxy) is 3. The molecule has 0 bridgehead atoms. The molecule has 3 amide bonds. The van der Waals surface area contributed by atoms with Gasteiger partial charge in [0, 0.05) is 57.6 Å². The van der Waals surface area contributed by atoms with Gasteiger partial charge in [0.2, 0.25) is 17.7 Å². The summed E-state index contributed by atoms with van der Waals surface area (Å²) >= 11 is 0. The molecule has 0 saturated carbocycles. The summed E-state index contributed by atoms with van der Waals surface area (Å²) in [4.78, 5) is 44.0. The Morgan fingerprint density at radius 2 is 1.78 bits per heavy atom. The largest absolute Gasteiger partial charge is 0.493 e. The van der Waals surface area contributed by atoms with E-state index in [0.717, 1.165) is 18.4 Å². The third-order valence-electron chi connectivity index (χ3n) is 9.87. The van der Waals surface area contributed by atoms with Crippen LogP contribution in [0, 0.1) is 11.8 Å². The van der Waals surface area contributed by atoms with Crippen molar-refractivity contribution in [3.05, 3.63) is 48.0 Å². The van der Waals surface area contributed by atoms with E-state index in [4.69, 9.17) is 14.2 Å². The van der Waals surface area contributed by atoms with Crippen LogP contribution in [0.15, 0.2) is 42.5 Å². The SMILES string of the molecule is CCCCN1C(=O)[C@@H]([C@H](O)C2CCOCC2)NC(=O)C12CCN(Cc1ccc(Oc3ccc(NC(=O)CC(C)C)cc3OC)cc1)CC2.Cl. The highest BCUT2D eigenvalue weighted by atomic mass is 35.5. The van der Waals surface area contributed by atoms with Crippen LogP contribution in [-0.4, -0.2) is 90.3 Å². The zero-order valence-corrected chi connectivity index (χ0v) is 30.1. The second-order valence-corrected chi connectivity index (χ2v) is 13.8. The summed E-state index contributed by atoms with van der Waals surface area (Å²) in [7, 11) is 1.57. The lowest BCUT2D eigenvalue weighted by atomic mass is 9.79. The molecule has 0 aliphatic carbocycles. The Morgan fingerprint density at radius 1 is 1.08 bits per heavy atom. The molecule has 11 nitrogen and oxygen atoms in total. The molecule has 5 rings (SSSR count). The van der Waals surface area contributed by atoms with E-state index >= 15 is 0 Å². The fourth-order valence-corrected chi connectivity index (χ4v) is 7.08. The number of carbonyl (C=O) groups excluding carboxylic acids is 3. The maximum absolute atomic E-state index is 13.9. The Morgan fingerprint density at radius 3 is 2.41 bits per heavy atom. The lowest BCUT2D eigenvalue weighted by molar-refractivity contribution is -0.166. The van der Waals surface area contributed by atoms with Crippen LogP contribution in [0.5, 0.6) is 17.2 Å². The number of piperidine rings is 1. The number of nitrogens with zero attached hydrogens (tertiary/aromatic N) is 2. The minimum atomic E-state index is -0.915. The summed E-state index contributed by atoms with van der Waals surface area (Å²) in [6.45, 7) is 9.78. The van der Waals surface area contributed by atoms with Crippen LogP contribution in [0.2, 0.25) is 0 Å². The molecule has 3 fully saturated rings. The fraction of sp³-hybridized carbons (Fsp3) is 0.595. The van der Waals surface area contributed by atoms with Crippen LogP contribution in [0.3, 0.4) is 0 Å². The Bertz CT molecular complexity index is 1410. The topological polar surface area (TPSA) is 130 Å². The number of aliphatic hydroxyl groups is 1. The molecule has 2 aromatic carbocycles. The van der Waals surface area contributed by atoms with Gasteiger partial charge >= 0.3 is 0 Å². The quantitative estimate of drug-likeness (QED) is 0.262. The molecule has 1 spiro atoms. The summed E-state index contributed by atoms with van der Waals surface area (Å²) in [5, 5.41) is 17.0. The molecule has 12 heteroatoms. The molecule has 3 heterocycles. The minimum Gasteiger partial charge on any atom is -0.493 e. The monoisotopic (exact) mass is 700 g/mol. The first-order valence-electron chi connectivity index (χ1n) is 17.5. The number of hydrogen-bond donors (Lipinski definition) is 3. The number of benzene rings is 2. The Balaban J connectivity index is 0.00000541.